The van der Waals surface area contributed by atoms with Gasteiger partial charge < -0.3 is 10.6 Å². The molecule has 0 radical (unpaired) electrons. The van der Waals surface area contributed by atoms with E-state index in [1.165, 1.54) is 19.3 Å². The Morgan fingerprint density at radius 3 is 2.21 bits per heavy atom. The zero-order chi connectivity index (χ0) is 19.1. The number of H-pyrrole nitrogens is 1. The van der Waals surface area contributed by atoms with Crippen LogP contribution in [0, 0.1) is 23.2 Å². The topological polar surface area (TPSA) is 86.9 Å². The summed E-state index contributed by atoms with van der Waals surface area (Å²) in [7, 11) is 0. The van der Waals surface area contributed by atoms with E-state index in [1.807, 2.05) is 30.3 Å². The molecule has 2 aromatic rings. The quantitative estimate of drug-likeness (QED) is 0.746. The minimum atomic E-state index is -0.208. The van der Waals surface area contributed by atoms with Gasteiger partial charge in [0, 0.05) is 17.3 Å². The van der Waals surface area contributed by atoms with E-state index in [0.717, 1.165) is 54.0 Å². The standard InChI is InChI=1S/C22H26N4O2/c27-20(25-18-3-1-17(2-4-18)19-5-6-24-26-19)13-23-21(28)22-10-14-7-15(11-22)9-16(8-14)12-22/h1-6,14-16H,7-13H2,(H,23,28)(H,24,26)(H,25,27). The molecule has 2 amide bonds. The molecule has 0 unspecified atom stereocenters. The minimum absolute atomic E-state index is 0.0306. The van der Waals surface area contributed by atoms with Gasteiger partial charge >= 0.3 is 0 Å². The van der Waals surface area contributed by atoms with Gasteiger partial charge in [-0.3, -0.25) is 14.7 Å². The number of carbonyl (C=O) groups is 2. The molecule has 4 saturated carbocycles. The highest BCUT2D eigenvalue weighted by Crippen LogP contribution is 2.60. The van der Waals surface area contributed by atoms with E-state index in [9.17, 15) is 9.59 Å². The average molecular weight is 378 g/mol. The molecule has 1 aromatic heterocycles. The SMILES string of the molecule is O=C(CNC(=O)C12CC3CC(CC(C3)C1)C2)Nc1ccc(-c2ccn[nH]2)cc1. The first-order chi connectivity index (χ1) is 13.6. The Hall–Kier alpha value is -2.63. The fourth-order valence-corrected chi connectivity index (χ4v) is 6.09. The molecular formula is C22H26N4O2. The van der Waals surface area contributed by atoms with Crippen LogP contribution in [0.3, 0.4) is 0 Å². The summed E-state index contributed by atoms with van der Waals surface area (Å²) in [5, 5.41) is 12.7. The third kappa shape index (κ3) is 3.21. The molecule has 0 atom stereocenters. The van der Waals surface area contributed by atoms with Gasteiger partial charge in [-0.15, -0.1) is 0 Å². The van der Waals surface area contributed by atoms with E-state index in [2.05, 4.69) is 20.8 Å². The highest BCUT2D eigenvalue weighted by molar-refractivity contribution is 5.95. The third-order valence-electron chi connectivity index (χ3n) is 6.91. The van der Waals surface area contributed by atoms with Gasteiger partial charge in [-0.25, -0.2) is 0 Å². The van der Waals surface area contributed by atoms with Gasteiger partial charge in [-0.1, -0.05) is 12.1 Å². The van der Waals surface area contributed by atoms with Crippen molar-refractivity contribution in [2.45, 2.75) is 38.5 Å². The number of aromatic amines is 1. The fraction of sp³-hybridized carbons (Fsp3) is 0.500. The van der Waals surface area contributed by atoms with Gasteiger partial charge in [0.15, 0.2) is 0 Å². The average Bonchev–Trinajstić information content (AvgIpc) is 3.20. The number of anilines is 1. The van der Waals surface area contributed by atoms with E-state index in [1.54, 1.807) is 6.20 Å². The molecule has 3 N–H and O–H groups in total. The Morgan fingerprint density at radius 1 is 1.00 bits per heavy atom. The molecule has 6 heteroatoms. The van der Waals surface area contributed by atoms with Gasteiger partial charge in [-0.2, -0.15) is 5.10 Å². The Balaban J connectivity index is 1.16. The second-order valence-corrected chi connectivity index (χ2v) is 8.98. The highest BCUT2D eigenvalue weighted by Gasteiger charge is 2.54. The van der Waals surface area contributed by atoms with Crippen molar-refractivity contribution in [2.75, 3.05) is 11.9 Å². The normalized spacial score (nSPS) is 30.2. The minimum Gasteiger partial charge on any atom is -0.347 e. The fourth-order valence-electron chi connectivity index (χ4n) is 6.09. The molecule has 6 nitrogen and oxygen atoms in total. The van der Waals surface area contributed by atoms with Crippen molar-refractivity contribution in [3.63, 3.8) is 0 Å². The first-order valence-electron chi connectivity index (χ1n) is 10.3. The smallest absolute Gasteiger partial charge is 0.243 e. The predicted octanol–water partition coefficient (Wildman–Crippen LogP) is 3.35. The number of nitrogens with zero attached hydrogens (tertiary/aromatic N) is 1. The number of hydrogen-bond donors (Lipinski definition) is 3. The molecule has 1 aromatic carbocycles. The molecule has 146 valence electrons. The molecular weight excluding hydrogens is 352 g/mol. The molecule has 0 saturated heterocycles. The lowest BCUT2D eigenvalue weighted by Crippen LogP contribution is -2.54. The van der Waals surface area contributed by atoms with Gasteiger partial charge in [0.1, 0.15) is 0 Å². The van der Waals surface area contributed by atoms with Crippen molar-refractivity contribution in [2.24, 2.45) is 23.2 Å². The largest absolute Gasteiger partial charge is 0.347 e. The van der Waals surface area contributed by atoms with Crippen molar-refractivity contribution in [3.05, 3.63) is 36.5 Å². The summed E-state index contributed by atoms with van der Waals surface area (Å²) in [6.07, 6.45) is 8.67. The van der Waals surface area contributed by atoms with E-state index < -0.39 is 0 Å². The van der Waals surface area contributed by atoms with Crippen LogP contribution < -0.4 is 10.6 Å². The first kappa shape index (κ1) is 17.5. The van der Waals surface area contributed by atoms with E-state index in [0.29, 0.717) is 0 Å². The number of amides is 2. The third-order valence-corrected chi connectivity index (χ3v) is 6.91. The van der Waals surface area contributed by atoms with Crippen molar-refractivity contribution in [1.29, 1.82) is 0 Å². The van der Waals surface area contributed by atoms with Gasteiger partial charge in [0.2, 0.25) is 11.8 Å². The number of rotatable bonds is 5. The zero-order valence-electron chi connectivity index (χ0n) is 15.9. The van der Waals surface area contributed by atoms with E-state index in [-0.39, 0.29) is 23.8 Å². The van der Waals surface area contributed by atoms with Gasteiger partial charge in [0.25, 0.3) is 0 Å². The Kier molecular flexibility index (Phi) is 4.22. The van der Waals surface area contributed by atoms with Crippen molar-refractivity contribution in [1.82, 2.24) is 15.5 Å². The van der Waals surface area contributed by atoms with Crippen LogP contribution in [0.5, 0.6) is 0 Å². The van der Waals surface area contributed by atoms with Crippen LogP contribution in [0.15, 0.2) is 36.5 Å². The number of nitrogens with one attached hydrogen (secondary N) is 3. The van der Waals surface area contributed by atoms with Crippen molar-refractivity contribution < 1.29 is 9.59 Å². The van der Waals surface area contributed by atoms with Crippen LogP contribution in [0.25, 0.3) is 11.3 Å². The summed E-state index contributed by atoms with van der Waals surface area (Å²) in [6, 6.07) is 9.46. The Morgan fingerprint density at radius 2 is 1.64 bits per heavy atom. The van der Waals surface area contributed by atoms with Gasteiger partial charge in [0.05, 0.1) is 12.2 Å². The lowest BCUT2D eigenvalue weighted by Gasteiger charge is -2.55. The predicted molar refractivity (Wildman–Crippen MR) is 106 cm³/mol. The first-order valence-corrected chi connectivity index (χ1v) is 10.3. The van der Waals surface area contributed by atoms with Crippen LogP contribution in [0.1, 0.15) is 38.5 Å². The van der Waals surface area contributed by atoms with Crippen LogP contribution in [-0.2, 0) is 9.59 Å². The summed E-state index contributed by atoms with van der Waals surface area (Å²) in [5.41, 5.74) is 2.45. The summed E-state index contributed by atoms with van der Waals surface area (Å²) in [6.45, 7) is 0.0306. The molecule has 0 spiro atoms. The molecule has 4 aliphatic carbocycles. The lowest BCUT2D eigenvalue weighted by molar-refractivity contribution is -0.146. The summed E-state index contributed by atoms with van der Waals surface area (Å²) in [4.78, 5) is 25.2. The molecule has 1 heterocycles. The van der Waals surface area contributed by atoms with Crippen molar-refractivity contribution in [3.8, 4) is 11.3 Å². The monoisotopic (exact) mass is 378 g/mol. The second kappa shape index (κ2) is 6.76. The number of aromatic nitrogens is 2. The molecule has 0 aliphatic heterocycles. The molecule has 4 bridgehead atoms. The Labute approximate surface area is 164 Å². The summed E-state index contributed by atoms with van der Waals surface area (Å²) < 4.78 is 0. The second-order valence-electron chi connectivity index (χ2n) is 8.98. The molecule has 4 fully saturated rings. The molecule has 6 rings (SSSR count). The highest BCUT2D eigenvalue weighted by atomic mass is 16.2. The summed E-state index contributed by atoms with van der Waals surface area (Å²) in [5.74, 6) is 2.07. The number of hydrogen-bond acceptors (Lipinski definition) is 3. The van der Waals surface area contributed by atoms with Crippen LogP contribution in [0.4, 0.5) is 5.69 Å². The zero-order valence-corrected chi connectivity index (χ0v) is 15.9. The van der Waals surface area contributed by atoms with Crippen molar-refractivity contribution >= 4 is 17.5 Å². The number of carbonyl (C=O) groups excluding carboxylic acids is 2. The van der Waals surface area contributed by atoms with Crippen LogP contribution >= 0.6 is 0 Å². The molecule has 28 heavy (non-hydrogen) atoms. The molecule has 4 aliphatic rings. The number of benzene rings is 1. The lowest BCUT2D eigenvalue weighted by atomic mass is 9.49. The van der Waals surface area contributed by atoms with E-state index in [4.69, 9.17) is 0 Å². The summed E-state index contributed by atoms with van der Waals surface area (Å²) >= 11 is 0. The maximum Gasteiger partial charge on any atom is 0.243 e. The van der Waals surface area contributed by atoms with E-state index >= 15 is 0 Å². The maximum absolute atomic E-state index is 12.9. The van der Waals surface area contributed by atoms with Gasteiger partial charge in [-0.05, 0) is 80.0 Å². The Bertz CT molecular complexity index is 837. The van der Waals surface area contributed by atoms with Crippen LogP contribution in [-0.4, -0.2) is 28.6 Å². The van der Waals surface area contributed by atoms with Crippen LogP contribution in [0.2, 0.25) is 0 Å². The maximum atomic E-state index is 12.9.